The molecule has 4 aliphatic rings. The van der Waals surface area contributed by atoms with Crippen LogP contribution in [0.15, 0.2) is 0 Å². The Hall–Kier alpha value is -0.310. The van der Waals surface area contributed by atoms with Crippen LogP contribution >= 0.6 is 0 Å². The predicted molar refractivity (Wildman–Crippen MR) is 62.6 cm³/mol. The Balaban J connectivity index is 1.37. The average Bonchev–Trinajstić information content (AvgIpc) is 2.76. The topological polar surface area (TPSA) is 83.8 Å². The maximum absolute atomic E-state index is 13.1. The largest absolute Gasteiger partial charge is 0.392 e. The van der Waals surface area contributed by atoms with Crippen molar-refractivity contribution < 1.29 is 31.6 Å². The minimum atomic E-state index is -5.43. The molecule has 0 heterocycles. The van der Waals surface area contributed by atoms with E-state index in [1.165, 1.54) is 0 Å². The van der Waals surface area contributed by atoms with Crippen LogP contribution in [0, 0.1) is 22.7 Å². The van der Waals surface area contributed by atoms with Gasteiger partial charge in [0.25, 0.3) is 0 Å². The molecular formula is C12H16F2O5S. The molecule has 8 heteroatoms. The molecule has 1 spiro atoms. The molecule has 0 aromatic carbocycles. The highest BCUT2D eigenvalue weighted by Gasteiger charge is 2.90. The van der Waals surface area contributed by atoms with Crippen molar-refractivity contribution in [1.29, 1.82) is 0 Å². The van der Waals surface area contributed by atoms with E-state index < -0.39 is 27.6 Å². The summed E-state index contributed by atoms with van der Waals surface area (Å²) in [5, 5.41) is 5.99. The number of halogens is 2. The third-order valence-corrected chi connectivity index (χ3v) is 6.98. The monoisotopic (exact) mass is 310 g/mol. The van der Waals surface area contributed by atoms with Gasteiger partial charge in [0, 0.05) is 5.41 Å². The summed E-state index contributed by atoms with van der Waals surface area (Å²) in [7, 11) is -5.43. The molecule has 20 heavy (non-hydrogen) atoms. The van der Waals surface area contributed by atoms with Crippen LogP contribution in [-0.4, -0.2) is 42.1 Å². The second kappa shape index (κ2) is 3.21. The number of rotatable bonds is 5. The lowest BCUT2D eigenvalue weighted by molar-refractivity contribution is -0.218. The Morgan fingerprint density at radius 1 is 1.30 bits per heavy atom. The highest BCUT2D eigenvalue weighted by molar-refractivity contribution is 7.86. The first-order valence-electron chi connectivity index (χ1n) is 6.70. The van der Waals surface area contributed by atoms with E-state index in [-0.39, 0.29) is 17.4 Å². The first-order valence-corrected chi connectivity index (χ1v) is 8.14. The van der Waals surface area contributed by atoms with Crippen LogP contribution < -0.4 is 0 Å². The quantitative estimate of drug-likeness (QED) is 0.741. The second-order valence-electron chi connectivity index (χ2n) is 7.15. The van der Waals surface area contributed by atoms with Gasteiger partial charge in [-0.1, -0.05) is 0 Å². The smallest absolute Gasteiger partial charge is 0.389 e. The van der Waals surface area contributed by atoms with Crippen molar-refractivity contribution in [1.82, 2.24) is 0 Å². The summed E-state index contributed by atoms with van der Waals surface area (Å²) < 4.78 is 60.4. The van der Waals surface area contributed by atoms with Gasteiger partial charge in [-0.25, -0.2) is 0 Å². The summed E-state index contributed by atoms with van der Waals surface area (Å²) in [6.07, 6.45) is 3.26. The van der Waals surface area contributed by atoms with Crippen molar-refractivity contribution >= 4 is 10.1 Å². The fraction of sp³-hybridized carbons (Fsp3) is 1.00. The molecule has 5 atom stereocenters. The van der Waals surface area contributed by atoms with Crippen LogP contribution in [0.3, 0.4) is 0 Å². The van der Waals surface area contributed by atoms with Crippen molar-refractivity contribution in [2.45, 2.75) is 36.5 Å². The van der Waals surface area contributed by atoms with Gasteiger partial charge in [-0.05, 0) is 42.9 Å². The molecule has 2 N–H and O–H groups in total. The van der Waals surface area contributed by atoms with Crippen molar-refractivity contribution in [2.24, 2.45) is 22.7 Å². The van der Waals surface area contributed by atoms with E-state index in [9.17, 15) is 22.3 Å². The number of hydrogen-bond acceptors (Lipinski definition) is 4. The zero-order chi connectivity index (χ0) is 14.6. The highest BCUT2D eigenvalue weighted by Crippen LogP contribution is 2.91. The zero-order valence-electron chi connectivity index (χ0n) is 10.7. The second-order valence-corrected chi connectivity index (χ2v) is 8.70. The summed E-state index contributed by atoms with van der Waals surface area (Å²) >= 11 is 0. The lowest BCUT2D eigenvalue weighted by atomic mass is 9.39. The van der Waals surface area contributed by atoms with Crippen molar-refractivity contribution in [3.05, 3.63) is 0 Å². The third kappa shape index (κ3) is 1.29. The van der Waals surface area contributed by atoms with Crippen LogP contribution in [0.2, 0.25) is 0 Å². The first-order chi connectivity index (χ1) is 9.06. The molecule has 0 aromatic rings. The molecule has 114 valence electrons. The Bertz CT molecular complexity index is 593. The summed E-state index contributed by atoms with van der Waals surface area (Å²) in [6.45, 7) is -1.24. The molecule has 4 rings (SSSR count). The van der Waals surface area contributed by atoms with Gasteiger partial charge in [-0.3, -0.25) is 4.55 Å². The van der Waals surface area contributed by atoms with Gasteiger partial charge in [0.1, 0.15) is 6.61 Å². The van der Waals surface area contributed by atoms with Gasteiger partial charge in [0.2, 0.25) is 0 Å². The number of ether oxygens (including phenoxy) is 1. The van der Waals surface area contributed by atoms with Gasteiger partial charge in [-0.2, -0.15) is 17.2 Å². The van der Waals surface area contributed by atoms with Gasteiger partial charge < -0.3 is 9.84 Å². The highest BCUT2D eigenvalue weighted by atomic mass is 32.2. The van der Waals surface area contributed by atoms with Crippen LogP contribution in [0.1, 0.15) is 25.7 Å². The molecule has 4 fully saturated rings. The summed E-state index contributed by atoms with van der Waals surface area (Å²) in [5.41, 5.74) is -0.674. The van der Waals surface area contributed by atoms with Gasteiger partial charge in [0.05, 0.1) is 12.2 Å². The zero-order valence-corrected chi connectivity index (χ0v) is 11.5. The molecule has 0 radical (unpaired) electrons. The minimum Gasteiger partial charge on any atom is -0.389 e. The molecular weight excluding hydrogens is 294 g/mol. The molecule has 4 saturated carbocycles. The van der Waals surface area contributed by atoms with E-state index in [2.05, 4.69) is 0 Å². The number of aliphatic hydroxyl groups is 1. The Kier molecular flexibility index (Phi) is 2.14. The first kappa shape index (κ1) is 13.4. The standard InChI is InChI=1S/C12H16F2O5S/c13-12(14,20(16,17)18)6-19-5-9-1-7-2-11(15)4-10(11,3-9)8(7)9/h7-8,15H,1-6H2,(H,16,17,18). The van der Waals surface area contributed by atoms with Crippen LogP contribution in [0.5, 0.6) is 0 Å². The number of hydrogen-bond donors (Lipinski definition) is 2. The Morgan fingerprint density at radius 2 is 2.00 bits per heavy atom. The summed E-state index contributed by atoms with van der Waals surface area (Å²) in [6, 6.07) is 0. The molecule has 0 amide bonds. The Labute approximate surface area is 115 Å². The number of alkyl halides is 2. The summed E-state index contributed by atoms with van der Waals surface area (Å²) in [4.78, 5) is 0. The van der Waals surface area contributed by atoms with Crippen LogP contribution in [-0.2, 0) is 14.9 Å². The lowest BCUT2D eigenvalue weighted by Crippen LogP contribution is -2.62. The van der Waals surface area contributed by atoms with Gasteiger partial charge in [0.15, 0.2) is 0 Å². The molecule has 4 aliphatic carbocycles. The van der Waals surface area contributed by atoms with Gasteiger partial charge >= 0.3 is 15.4 Å². The van der Waals surface area contributed by atoms with E-state index in [1.807, 2.05) is 0 Å². The molecule has 5 nitrogen and oxygen atoms in total. The predicted octanol–water partition coefficient (Wildman–Crippen LogP) is 1.03. The van der Waals surface area contributed by atoms with Gasteiger partial charge in [-0.15, -0.1) is 0 Å². The fourth-order valence-electron chi connectivity index (χ4n) is 5.58. The average molecular weight is 310 g/mol. The van der Waals surface area contributed by atoms with Crippen molar-refractivity contribution in [2.75, 3.05) is 13.2 Å². The maximum Gasteiger partial charge on any atom is 0.392 e. The van der Waals surface area contributed by atoms with Crippen LogP contribution in [0.25, 0.3) is 0 Å². The minimum absolute atomic E-state index is 0.00481. The third-order valence-electron chi connectivity index (χ3n) is 6.11. The molecule has 0 saturated heterocycles. The Morgan fingerprint density at radius 3 is 2.60 bits per heavy atom. The van der Waals surface area contributed by atoms with E-state index in [0.29, 0.717) is 11.8 Å². The maximum atomic E-state index is 13.1. The summed E-state index contributed by atoms with van der Waals surface area (Å²) in [5.74, 6) is 0.813. The fourth-order valence-corrected chi connectivity index (χ4v) is 5.82. The lowest BCUT2D eigenvalue weighted by Gasteiger charge is -2.66. The molecule has 0 bridgehead atoms. The van der Waals surface area contributed by atoms with E-state index in [1.54, 1.807) is 0 Å². The van der Waals surface area contributed by atoms with Crippen molar-refractivity contribution in [3.8, 4) is 0 Å². The van der Waals surface area contributed by atoms with E-state index in [0.717, 1.165) is 25.7 Å². The van der Waals surface area contributed by atoms with E-state index in [4.69, 9.17) is 9.29 Å². The van der Waals surface area contributed by atoms with Crippen molar-refractivity contribution in [3.63, 3.8) is 0 Å². The SMILES string of the molecule is O=S(=O)(O)C(F)(F)COCC12CC3CC4(O)CC4(C1)C32. The molecule has 5 unspecified atom stereocenters. The molecule has 0 aliphatic heterocycles. The normalized spacial score (nSPS) is 51.8. The molecule has 0 aromatic heterocycles. The van der Waals surface area contributed by atoms with E-state index >= 15 is 0 Å². The van der Waals surface area contributed by atoms with Crippen LogP contribution in [0.4, 0.5) is 8.78 Å².